The Morgan fingerprint density at radius 2 is 0.833 bits per heavy atom. The van der Waals surface area contributed by atoms with Gasteiger partial charge < -0.3 is 27.5 Å². The fourth-order valence-corrected chi connectivity index (χ4v) is 3.41. The first kappa shape index (κ1) is 24.6. The highest BCUT2D eigenvalue weighted by atomic mass is 16.6. The van der Waals surface area contributed by atoms with E-state index in [1.165, 1.54) is 37.0 Å². The molecule has 0 spiro atoms. The van der Waals surface area contributed by atoms with Crippen LogP contribution in [0.4, 0.5) is 0 Å². The maximum atomic E-state index is 12.9. The number of hydrogen-bond donors (Lipinski definition) is 0. The van der Waals surface area contributed by atoms with Gasteiger partial charge in [-0.05, 0) is 75.4 Å². The summed E-state index contributed by atoms with van der Waals surface area (Å²) in [6.45, 7) is 4.92. The number of carbonyl (C=O) groups excluding carboxylic acids is 3. The molecule has 4 aromatic rings. The van der Waals surface area contributed by atoms with Gasteiger partial charge in [-0.15, -0.1) is 0 Å². The summed E-state index contributed by atoms with van der Waals surface area (Å²) in [5.74, 6) is -0.962. The minimum absolute atomic E-state index is 0.0360. The van der Waals surface area contributed by atoms with Crippen LogP contribution in [0.2, 0.25) is 0 Å². The predicted molar refractivity (Wildman–Crippen MR) is 124 cm³/mol. The van der Waals surface area contributed by atoms with Crippen LogP contribution in [0.15, 0.2) is 86.6 Å². The van der Waals surface area contributed by atoms with E-state index in [1.54, 1.807) is 57.2 Å². The van der Waals surface area contributed by atoms with Crippen molar-refractivity contribution in [3.63, 3.8) is 0 Å². The lowest BCUT2D eigenvalue weighted by Gasteiger charge is -2.15. The summed E-state index contributed by atoms with van der Waals surface area (Å²) in [4.78, 5) is 38.8. The molecule has 0 fully saturated rings. The van der Waals surface area contributed by atoms with Crippen molar-refractivity contribution in [1.29, 1.82) is 0 Å². The van der Waals surface area contributed by atoms with Crippen LogP contribution in [0.25, 0.3) is 0 Å². The third-order valence-electron chi connectivity index (χ3n) is 5.32. The summed E-state index contributed by atoms with van der Waals surface area (Å²) in [6.07, 6.45) is 2.30. The Bertz CT molecular complexity index is 1130. The number of ether oxygens (including phenoxy) is 3. The summed E-state index contributed by atoms with van der Waals surface area (Å²) in [5, 5.41) is 0. The van der Waals surface area contributed by atoms with E-state index in [4.69, 9.17) is 27.5 Å². The van der Waals surface area contributed by atoms with E-state index in [0.29, 0.717) is 17.3 Å². The molecule has 0 bridgehead atoms. The van der Waals surface area contributed by atoms with Crippen molar-refractivity contribution in [2.45, 2.75) is 39.1 Å². The van der Waals surface area contributed by atoms with Crippen LogP contribution in [0.1, 0.15) is 87.4 Å². The number of carbonyl (C=O) groups is 3. The molecule has 36 heavy (non-hydrogen) atoms. The van der Waals surface area contributed by atoms with Gasteiger partial charge in [0.25, 0.3) is 0 Å². The Morgan fingerprint density at radius 3 is 1.06 bits per heavy atom. The van der Waals surface area contributed by atoms with E-state index in [2.05, 4.69) is 0 Å². The molecule has 9 heteroatoms. The van der Waals surface area contributed by atoms with Crippen LogP contribution < -0.4 is 0 Å². The zero-order valence-corrected chi connectivity index (χ0v) is 19.8. The van der Waals surface area contributed by atoms with Crippen molar-refractivity contribution in [1.82, 2.24) is 0 Å². The lowest BCUT2D eigenvalue weighted by Crippen LogP contribution is -2.16. The third-order valence-corrected chi connectivity index (χ3v) is 5.32. The normalized spacial score (nSPS) is 13.4. The minimum atomic E-state index is -0.763. The van der Waals surface area contributed by atoms with Gasteiger partial charge in [-0.2, -0.15) is 0 Å². The second-order valence-electron chi connectivity index (χ2n) is 7.99. The molecule has 0 amide bonds. The molecule has 0 aliphatic rings. The average molecular weight is 492 g/mol. The fraction of sp³-hybridized carbons (Fsp3) is 0.222. The molecule has 186 valence electrons. The molecule has 3 unspecified atom stereocenters. The highest BCUT2D eigenvalue weighted by Gasteiger charge is 2.24. The summed E-state index contributed by atoms with van der Waals surface area (Å²) in [5.41, 5.74) is -0.108. The topological polar surface area (TPSA) is 118 Å². The Morgan fingerprint density at radius 1 is 0.556 bits per heavy atom. The second kappa shape index (κ2) is 10.8. The molecular formula is C27H24O9. The Balaban J connectivity index is 1.59. The number of furan rings is 3. The second-order valence-corrected chi connectivity index (χ2v) is 7.99. The van der Waals surface area contributed by atoms with Crippen molar-refractivity contribution >= 4 is 17.9 Å². The van der Waals surface area contributed by atoms with Crippen LogP contribution in [0, 0.1) is 0 Å². The molecule has 0 radical (unpaired) electrons. The van der Waals surface area contributed by atoms with Gasteiger partial charge in [0, 0.05) is 0 Å². The molecule has 0 aliphatic heterocycles. The quantitative estimate of drug-likeness (QED) is 0.198. The van der Waals surface area contributed by atoms with Crippen LogP contribution in [-0.4, -0.2) is 17.9 Å². The first-order valence-corrected chi connectivity index (χ1v) is 11.2. The third kappa shape index (κ3) is 5.75. The van der Waals surface area contributed by atoms with Crippen LogP contribution in [0.3, 0.4) is 0 Å². The van der Waals surface area contributed by atoms with Gasteiger partial charge in [0.05, 0.1) is 35.5 Å². The van der Waals surface area contributed by atoms with Crippen molar-refractivity contribution in [2.75, 3.05) is 0 Å². The van der Waals surface area contributed by atoms with Crippen molar-refractivity contribution in [3.05, 3.63) is 107 Å². The fourth-order valence-electron chi connectivity index (χ4n) is 3.41. The molecule has 9 nitrogen and oxygen atoms in total. The Labute approximate surface area is 206 Å². The van der Waals surface area contributed by atoms with E-state index >= 15 is 0 Å². The van der Waals surface area contributed by atoms with Crippen molar-refractivity contribution in [2.24, 2.45) is 0 Å². The lowest BCUT2D eigenvalue weighted by molar-refractivity contribution is 0.0286. The highest BCUT2D eigenvalue weighted by Crippen LogP contribution is 2.24. The van der Waals surface area contributed by atoms with E-state index in [1.807, 2.05) is 0 Å². The van der Waals surface area contributed by atoms with Gasteiger partial charge in [-0.25, -0.2) is 14.4 Å². The Kier molecular flexibility index (Phi) is 7.39. The first-order valence-electron chi connectivity index (χ1n) is 11.2. The summed E-state index contributed by atoms with van der Waals surface area (Å²) < 4.78 is 32.2. The van der Waals surface area contributed by atoms with E-state index in [0.717, 1.165) is 0 Å². The van der Waals surface area contributed by atoms with Crippen molar-refractivity contribution in [3.8, 4) is 0 Å². The molecule has 0 saturated carbocycles. The number of rotatable bonds is 9. The van der Waals surface area contributed by atoms with Gasteiger partial charge in [0.2, 0.25) is 0 Å². The standard InChI is InChI=1S/C27H24O9/c1-16(22-7-4-10-31-22)34-25(28)19-13-20(26(29)35-17(2)23-8-5-11-32-23)15-21(14-19)27(30)36-18(3)24-9-6-12-33-24/h4-18H,1-3H3. The molecular weight excluding hydrogens is 468 g/mol. The molecule has 4 rings (SSSR count). The molecule has 3 heterocycles. The molecule has 3 aromatic heterocycles. The molecule has 1 aromatic carbocycles. The van der Waals surface area contributed by atoms with Crippen LogP contribution in [-0.2, 0) is 14.2 Å². The van der Waals surface area contributed by atoms with Gasteiger partial charge in [-0.3, -0.25) is 0 Å². The molecule has 3 atom stereocenters. The van der Waals surface area contributed by atoms with E-state index in [9.17, 15) is 14.4 Å². The largest absolute Gasteiger partial charge is 0.465 e. The number of esters is 3. The minimum Gasteiger partial charge on any atom is -0.465 e. The summed E-state index contributed by atoms with van der Waals surface area (Å²) in [6, 6.07) is 13.9. The van der Waals surface area contributed by atoms with Crippen LogP contribution in [0.5, 0.6) is 0 Å². The average Bonchev–Trinajstić information content (AvgIpc) is 3.66. The monoisotopic (exact) mass is 492 g/mol. The Hall–Kier alpha value is -4.53. The zero-order valence-electron chi connectivity index (χ0n) is 19.8. The van der Waals surface area contributed by atoms with Gasteiger partial charge >= 0.3 is 17.9 Å². The van der Waals surface area contributed by atoms with Gasteiger partial charge in [0.1, 0.15) is 17.3 Å². The molecule has 0 aliphatic carbocycles. The summed E-state index contributed by atoms with van der Waals surface area (Å²) in [7, 11) is 0. The SMILES string of the molecule is CC(OC(=O)c1cc(C(=O)OC(C)c2ccco2)cc(C(=O)OC(C)c2ccco2)c1)c1ccco1. The predicted octanol–water partition coefficient (Wildman–Crippen LogP) is 6.22. The zero-order chi connectivity index (χ0) is 25.7. The molecule has 0 N–H and O–H groups in total. The summed E-state index contributed by atoms with van der Waals surface area (Å²) >= 11 is 0. The van der Waals surface area contributed by atoms with Gasteiger partial charge in [0.15, 0.2) is 18.3 Å². The maximum Gasteiger partial charge on any atom is 0.338 e. The maximum absolute atomic E-state index is 12.9. The number of hydrogen-bond acceptors (Lipinski definition) is 9. The van der Waals surface area contributed by atoms with Crippen LogP contribution >= 0.6 is 0 Å². The molecule has 0 saturated heterocycles. The van der Waals surface area contributed by atoms with Gasteiger partial charge in [-0.1, -0.05) is 0 Å². The smallest absolute Gasteiger partial charge is 0.338 e. The first-order chi connectivity index (χ1) is 17.3. The van der Waals surface area contributed by atoms with Crippen molar-refractivity contribution < 1.29 is 41.8 Å². The highest BCUT2D eigenvalue weighted by molar-refractivity contribution is 6.00. The van der Waals surface area contributed by atoms with E-state index < -0.39 is 36.2 Å². The number of benzene rings is 1. The lowest BCUT2D eigenvalue weighted by atomic mass is 10.1. The van der Waals surface area contributed by atoms with E-state index in [-0.39, 0.29) is 16.7 Å².